The van der Waals surface area contributed by atoms with Crippen molar-refractivity contribution in [2.45, 2.75) is 26.1 Å². The zero-order valence-corrected chi connectivity index (χ0v) is 15.8. The van der Waals surface area contributed by atoms with E-state index in [2.05, 4.69) is 20.9 Å². The first-order valence-corrected chi connectivity index (χ1v) is 8.69. The molecule has 1 aliphatic rings. The van der Waals surface area contributed by atoms with Gasteiger partial charge in [-0.2, -0.15) is 0 Å². The maximum atomic E-state index is 9.67. The van der Waals surface area contributed by atoms with Crippen LogP contribution in [0.4, 0.5) is 11.5 Å². The fraction of sp³-hybridized carbons (Fsp3) is 0.263. The minimum Gasteiger partial charge on any atom is -0.465 e. The van der Waals surface area contributed by atoms with Crippen molar-refractivity contribution in [3.8, 4) is 5.75 Å². The predicted molar refractivity (Wildman–Crippen MR) is 106 cm³/mol. The Hall–Kier alpha value is -2.08. The summed E-state index contributed by atoms with van der Waals surface area (Å²) in [5, 5.41) is 11.3. The van der Waals surface area contributed by atoms with Crippen molar-refractivity contribution in [3.63, 3.8) is 0 Å². The first kappa shape index (κ1) is 18.7. The monoisotopic (exact) mass is 391 g/mol. The minimum atomic E-state index is -0.814. The molecule has 0 amide bonds. The van der Waals surface area contributed by atoms with Crippen LogP contribution in [0, 0.1) is 0 Å². The summed E-state index contributed by atoms with van der Waals surface area (Å²) in [6.45, 7) is 2.72. The van der Waals surface area contributed by atoms with Crippen molar-refractivity contribution in [2.24, 2.45) is 0 Å². The Labute approximate surface area is 163 Å². The fourth-order valence-electron chi connectivity index (χ4n) is 3.12. The number of aromatic nitrogens is 2. The molecule has 1 aromatic heterocycles. The van der Waals surface area contributed by atoms with Crippen LogP contribution in [0.3, 0.4) is 0 Å². The molecule has 3 aromatic rings. The first-order valence-electron chi connectivity index (χ1n) is 8.31. The SMILES string of the molecule is CCC(O)Oc1ccc2c(N3CCc4ccc(Cl)cc43)ncnc2c1.Cl. The van der Waals surface area contributed by atoms with Crippen molar-refractivity contribution in [3.05, 3.63) is 53.3 Å². The second-order valence-corrected chi connectivity index (χ2v) is 6.47. The Morgan fingerprint density at radius 1 is 1.23 bits per heavy atom. The molecular formula is C19H19Cl2N3O2. The molecule has 2 heterocycles. The summed E-state index contributed by atoms with van der Waals surface area (Å²) in [5.74, 6) is 1.45. The van der Waals surface area contributed by atoms with Gasteiger partial charge in [0.05, 0.1) is 5.52 Å². The molecule has 1 aliphatic heterocycles. The normalized spacial score (nSPS) is 14.0. The molecule has 136 valence electrons. The van der Waals surface area contributed by atoms with Gasteiger partial charge in [0.25, 0.3) is 0 Å². The smallest absolute Gasteiger partial charge is 0.197 e. The van der Waals surface area contributed by atoms with Crippen LogP contribution < -0.4 is 9.64 Å². The molecule has 0 saturated carbocycles. The van der Waals surface area contributed by atoms with E-state index in [9.17, 15) is 5.11 Å². The molecule has 0 bridgehead atoms. The number of hydrogen-bond acceptors (Lipinski definition) is 5. The van der Waals surface area contributed by atoms with Gasteiger partial charge in [-0.3, -0.25) is 0 Å². The van der Waals surface area contributed by atoms with Crippen LogP contribution in [0.2, 0.25) is 5.02 Å². The van der Waals surface area contributed by atoms with Gasteiger partial charge in [-0.25, -0.2) is 9.97 Å². The molecule has 0 saturated heterocycles. The molecule has 1 N–H and O–H groups in total. The highest BCUT2D eigenvalue weighted by molar-refractivity contribution is 6.31. The molecule has 0 aliphatic carbocycles. The average molecular weight is 392 g/mol. The maximum absolute atomic E-state index is 9.67. The number of halogens is 2. The van der Waals surface area contributed by atoms with Crippen LogP contribution >= 0.6 is 24.0 Å². The van der Waals surface area contributed by atoms with Crippen LogP contribution in [-0.2, 0) is 6.42 Å². The van der Waals surface area contributed by atoms with Crippen molar-refractivity contribution >= 4 is 46.4 Å². The molecule has 7 heteroatoms. The van der Waals surface area contributed by atoms with Crippen LogP contribution in [0.15, 0.2) is 42.7 Å². The highest BCUT2D eigenvalue weighted by atomic mass is 35.5. The van der Waals surface area contributed by atoms with E-state index in [0.717, 1.165) is 35.4 Å². The van der Waals surface area contributed by atoms with Gasteiger partial charge in [-0.1, -0.05) is 24.6 Å². The van der Waals surface area contributed by atoms with Gasteiger partial charge in [0, 0.05) is 35.1 Å². The maximum Gasteiger partial charge on any atom is 0.197 e. The Bertz CT molecular complexity index is 936. The fourth-order valence-corrected chi connectivity index (χ4v) is 3.29. The largest absolute Gasteiger partial charge is 0.465 e. The number of anilines is 2. The number of nitrogens with zero attached hydrogens (tertiary/aromatic N) is 3. The minimum absolute atomic E-state index is 0. The van der Waals surface area contributed by atoms with Crippen molar-refractivity contribution in [1.29, 1.82) is 0 Å². The lowest BCUT2D eigenvalue weighted by Crippen LogP contribution is -2.16. The number of benzene rings is 2. The Kier molecular flexibility index (Phi) is 5.51. The molecule has 2 aromatic carbocycles. The molecule has 1 unspecified atom stereocenters. The lowest BCUT2D eigenvalue weighted by Gasteiger charge is -2.20. The number of rotatable bonds is 4. The summed E-state index contributed by atoms with van der Waals surface area (Å²) in [6, 6.07) is 11.6. The van der Waals surface area contributed by atoms with Crippen LogP contribution in [0.25, 0.3) is 10.9 Å². The highest BCUT2D eigenvalue weighted by Crippen LogP contribution is 2.38. The van der Waals surface area contributed by atoms with Crippen LogP contribution in [-0.4, -0.2) is 27.9 Å². The molecular weight excluding hydrogens is 373 g/mol. The summed E-state index contributed by atoms with van der Waals surface area (Å²) in [4.78, 5) is 11.0. The number of aliphatic hydroxyl groups excluding tert-OH is 1. The van der Waals surface area contributed by atoms with Crippen molar-refractivity contribution < 1.29 is 9.84 Å². The van der Waals surface area contributed by atoms with E-state index in [0.29, 0.717) is 17.2 Å². The number of ether oxygens (including phenoxy) is 1. The van der Waals surface area contributed by atoms with E-state index in [1.807, 2.05) is 37.3 Å². The van der Waals surface area contributed by atoms with Gasteiger partial charge < -0.3 is 14.7 Å². The van der Waals surface area contributed by atoms with Gasteiger partial charge >= 0.3 is 0 Å². The van der Waals surface area contributed by atoms with E-state index in [4.69, 9.17) is 16.3 Å². The van der Waals surface area contributed by atoms with Crippen molar-refractivity contribution in [2.75, 3.05) is 11.4 Å². The van der Waals surface area contributed by atoms with E-state index >= 15 is 0 Å². The van der Waals surface area contributed by atoms with E-state index in [1.54, 1.807) is 6.33 Å². The van der Waals surface area contributed by atoms with Gasteiger partial charge in [0.15, 0.2) is 6.29 Å². The third kappa shape index (κ3) is 3.43. The van der Waals surface area contributed by atoms with Gasteiger partial charge in [0.2, 0.25) is 0 Å². The third-order valence-corrected chi connectivity index (χ3v) is 4.64. The summed E-state index contributed by atoms with van der Waals surface area (Å²) < 4.78 is 5.47. The molecule has 1 atom stereocenters. The molecule has 0 fully saturated rings. The number of fused-ring (bicyclic) bond motifs is 2. The summed E-state index contributed by atoms with van der Waals surface area (Å²) in [7, 11) is 0. The predicted octanol–water partition coefficient (Wildman–Crippen LogP) is 4.51. The molecule has 4 rings (SSSR count). The Balaban J connectivity index is 0.00000196. The van der Waals surface area contributed by atoms with E-state index in [1.165, 1.54) is 5.56 Å². The molecule has 0 spiro atoms. The van der Waals surface area contributed by atoms with Crippen molar-refractivity contribution in [1.82, 2.24) is 9.97 Å². The van der Waals surface area contributed by atoms with Gasteiger partial charge in [0.1, 0.15) is 17.9 Å². The van der Waals surface area contributed by atoms with E-state index in [-0.39, 0.29) is 12.4 Å². The number of hydrogen-bond donors (Lipinski definition) is 1. The summed E-state index contributed by atoms with van der Waals surface area (Å²) in [5.41, 5.74) is 3.14. The molecule has 26 heavy (non-hydrogen) atoms. The molecule has 5 nitrogen and oxygen atoms in total. The Morgan fingerprint density at radius 2 is 2.08 bits per heavy atom. The standard InChI is InChI=1S/C19H18ClN3O2.ClH/c1-2-18(24)25-14-5-6-15-16(10-14)21-11-22-19(15)23-8-7-12-3-4-13(20)9-17(12)23;/h3-6,9-11,18,24H,2,7-8H2,1H3;1H. The second-order valence-electron chi connectivity index (χ2n) is 6.03. The average Bonchev–Trinajstić information content (AvgIpc) is 3.03. The molecule has 0 radical (unpaired) electrons. The van der Waals surface area contributed by atoms with Gasteiger partial charge in [-0.15, -0.1) is 12.4 Å². The second kappa shape index (κ2) is 7.66. The van der Waals surface area contributed by atoms with E-state index < -0.39 is 6.29 Å². The third-order valence-electron chi connectivity index (χ3n) is 4.41. The first-order chi connectivity index (χ1) is 12.2. The Morgan fingerprint density at radius 3 is 2.88 bits per heavy atom. The highest BCUT2D eigenvalue weighted by Gasteiger charge is 2.23. The topological polar surface area (TPSA) is 58.5 Å². The zero-order chi connectivity index (χ0) is 17.4. The quantitative estimate of drug-likeness (QED) is 0.663. The van der Waals surface area contributed by atoms with Gasteiger partial charge in [-0.05, 0) is 36.2 Å². The van der Waals surface area contributed by atoms with Crippen LogP contribution in [0.1, 0.15) is 18.9 Å². The van der Waals surface area contributed by atoms with Crippen LogP contribution in [0.5, 0.6) is 5.75 Å². The lowest BCUT2D eigenvalue weighted by molar-refractivity contribution is -0.0190. The zero-order valence-electron chi connectivity index (χ0n) is 14.2. The summed E-state index contributed by atoms with van der Waals surface area (Å²) in [6.07, 6.45) is 2.23. The lowest BCUT2D eigenvalue weighted by atomic mass is 10.1. The number of aliphatic hydroxyl groups is 1. The summed E-state index contributed by atoms with van der Waals surface area (Å²) >= 11 is 6.18.